The first kappa shape index (κ1) is 20.8. The van der Waals surface area contributed by atoms with Gasteiger partial charge in [-0.1, -0.05) is 13.8 Å². The lowest BCUT2D eigenvalue weighted by atomic mass is 10.2. The number of nitrogens with zero attached hydrogens (tertiary/aromatic N) is 1. The van der Waals surface area contributed by atoms with Crippen LogP contribution in [0.4, 0.5) is 0 Å². The van der Waals surface area contributed by atoms with Crippen molar-refractivity contribution in [3.63, 3.8) is 0 Å². The fourth-order valence-corrected chi connectivity index (χ4v) is 2.16. The van der Waals surface area contributed by atoms with Crippen LogP contribution in [0.1, 0.15) is 40.5 Å². The van der Waals surface area contributed by atoms with Crippen molar-refractivity contribution in [2.75, 3.05) is 52.4 Å². The lowest BCUT2D eigenvalue weighted by Gasteiger charge is -2.29. The van der Waals surface area contributed by atoms with Gasteiger partial charge in [0.1, 0.15) is 0 Å². The Kier molecular flexibility index (Phi) is 14.6. The van der Waals surface area contributed by atoms with Crippen molar-refractivity contribution in [3.8, 4) is 0 Å². The highest BCUT2D eigenvalue weighted by Gasteiger charge is 2.11. The molecule has 0 amide bonds. The summed E-state index contributed by atoms with van der Waals surface area (Å²) in [5.74, 6) is 0. The molecule has 0 aromatic carbocycles. The van der Waals surface area contributed by atoms with Crippen molar-refractivity contribution >= 4 is 0 Å². The van der Waals surface area contributed by atoms with Crippen LogP contribution >= 0.6 is 0 Å². The standard InChI is InChI=1S/C16H39N5/c1-5-15(3)20-12-14-21(16(4)6-2)13-11-19-10-9-18-8-7-17/h15-16,18-20H,5-14,17H2,1-4H3. The summed E-state index contributed by atoms with van der Waals surface area (Å²) >= 11 is 0. The maximum Gasteiger partial charge on any atom is 0.0110 e. The third-order valence-corrected chi connectivity index (χ3v) is 4.09. The number of hydrogen-bond acceptors (Lipinski definition) is 5. The topological polar surface area (TPSA) is 65.3 Å². The molecule has 0 spiro atoms. The van der Waals surface area contributed by atoms with Gasteiger partial charge in [0.15, 0.2) is 0 Å². The Hall–Kier alpha value is -0.200. The van der Waals surface area contributed by atoms with Crippen LogP contribution in [-0.4, -0.2) is 69.3 Å². The molecular weight excluding hydrogens is 262 g/mol. The number of nitrogens with one attached hydrogen (secondary N) is 3. The second-order valence-electron chi connectivity index (χ2n) is 5.85. The van der Waals surface area contributed by atoms with Gasteiger partial charge in [0.05, 0.1) is 0 Å². The van der Waals surface area contributed by atoms with Crippen LogP contribution in [0.15, 0.2) is 0 Å². The van der Waals surface area contributed by atoms with E-state index in [0.717, 1.165) is 45.8 Å². The highest BCUT2D eigenvalue weighted by atomic mass is 15.2. The van der Waals surface area contributed by atoms with Gasteiger partial charge in [0.25, 0.3) is 0 Å². The van der Waals surface area contributed by atoms with Crippen molar-refractivity contribution in [1.82, 2.24) is 20.9 Å². The minimum Gasteiger partial charge on any atom is -0.329 e. The Labute approximate surface area is 132 Å². The van der Waals surface area contributed by atoms with Gasteiger partial charge in [-0.05, 0) is 26.7 Å². The average Bonchev–Trinajstić information content (AvgIpc) is 2.51. The fraction of sp³-hybridized carbons (Fsp3) is 1.00. The van der Waals surface area contributed by atoms with E-state index in [9.17, 15) is 0 Å². The van der Waals surface area contributed by atoms with E-state index in [2.05, 4.69) is 48.5 Å². The van der Waals surface area contributed by atoms with E-state index >= 15 is 0 Å². The normalized spacial score (nSPS) is 14.6. The molecule has 5 heteroatoms. The molecule has 5 N–H and O–H groups in total. The molecule has 0 saturated carbocycles. The van der Waals surface area contributed by atoms with Crippen molar-refractivity contribution in [1.29, 1.82) is 0 Å². The van der Waals surface area contributed by atoms with E-state index in [0.29, 0.717) is 18.6 Å². The minimum absolute atomic E-state index is 0.621. The second kappa shape index (κ2) is 14.7. The second-order valence-corrected chi connectivity index (χ2v) is 5.85. The van der Waals surface area contributed by atoms with Gasteiger partial charge < -0.3 is 21.7 Å². The Balaban J connectivity index is 3.76. The summed E-state index contributed by atoms with van der Waals surface area (Å²) < 4.78 is 0. The van der Waals surface area contributed by atoms with Gasteiger partial charge in [0.2, 0.25) is 0 Å². The predicted molar refractivity (Wildman–Crippen MR) is 93.9 cm³/mol. The van der Waals surface area contributed by atoms with E-state index < -0.39 is 0 Å². The lowest BCUT2D eigenvalue weighted by molar-refractivity contribution is 0.202. The number of hydrogen-bond donors (Lipinski definition) is 4. The van der Waals surface area contributed by atoms with Crippen LogP contribution in [0.5, 0.6) is 0 Å². The number of rotatable bonds is 15. The van der Waals surface area contributed by atoms with Crippen LogP contribution < -0.4 is 21.7 Å². The predicted octanol–water partition coefficient (Wildman–Crippen LogP) is 0.613. The van der Waals surface area contributed by atoms with Crippen LogP contribution in [0.25, 0.3) is 0 Å². The summed E-state index contributed by atoms with van der Waals surface area (Å²) in [5, 5.41) is 10.4. The van der Waals surface area contributed by atoms with Crippen molar-refractivity contribution in [2.45, 2.75) is 52.6 Å². The average molecular weight is 302 g/mol. The van der Waals surface area contributed by atoms with Gasteiger partial charge in [-0.25, -0.2) is 0 Å². The third-order valence-electron chi connectivity index (χ3n) is 4.09. The summed E-state index contributed by atoms with van der Waals surface area (Å²) in [4.78, 5) is 2.58. The van der Waals surface area contributed by atoms with Crippen LogP contribution in [0, 0.1) is 0 Å². The van der Waals surface area contributed by atoms with E-state index in [1.165, 1.54) is 12.8 Å². The monoisotopic (exact) mass is 301 g/mol. The maximum atomic E-state index is 5.44. The maximum absolute atomic E-state index is 5.44. The van der Waals surface area contributed by atoms with Gasteiger partial charge in [-0.15, -0.1) is 0 Å². The Morgan fingerprint density at radius 1 is 0.857 bits per heavy atom. The highest BCUT2D eigenvalue weighted by Crippen LogP contribution is 2.02. The van der Waals surface area contributed by atoms with Gasteiger partial charge >= 0.3 is 0 Å². The molecule has 0 bridgehead atoms. The Morgan fingerprint density at radius 2 is 1.48 bits per heavy atom. The lowest BCUT2D eigenvalue weighted by Crippen LogP contribution is -2.43. The molecule has 0 aliphatic rings. The van der Waals surface area contributed by atoms with Crippen LogP contribution in [-0.2, 0) is 0 Å². The third kappa shape index (κ3) is 12.1. The van der Waals surface area contributed by atoms with E-state index in [1.807, 2.05) is 0 Å². The van der Waals surface area contributed by atoms with E-state index in [4.69, 9.17) is 5.73 Å². The van der Waals surface area contributed by atoms with E-state index in [1.54, 1.807) is 0 Å². The largest absolute Gasteiger partial charge is 0.329 e. The quantitative estimate of drug-likeness (QED) is 0.334. The summed E-state index contributed by atoms with van der Waals surface area (Å²) in [7, 11) is 0. The summed E-state index contributed by atoms with van der Waals surface area (Å²) in [6.45, 7) is 17.1. The van der Waals surface area contributed by atoms with Gasteiger partial charge in [-0.3, -0.25) is 4.90 Å². The molecule has 0 aromatic heterocycles. The molecule has 5 nitrogen and oxygen atoms in total. The van der Waals surface area contributed by atoms with Gasteiger partial charge in [0, 0.05) is 64.4 Å². The van der Waals surface area contributed by atoms with Crippen molar-refractivity contribution in [3.05, 3.63) is 0 Å². The molecule has 0 aliphatic carbocycles. The first-order valence-corrected chi connectivity index (χ1v) is 8.74. The zero-order valence-corrected chi connectivity index (χ0v) is 14.8. The SMILES string of the molecule is CCC(C)NCCN(CCNCCNCCN)C(C)CC. The van der Waals surface area contributed by atoms with Crippen LogP contribution in [0.2, 0.25) is 0 Å². The molecular formula is C16H39N5. The molecule has 0 radical (unpaired) electrons. The molecule has 0 heterocycles. The highest BCUT2D eigenvalue weighted by molar-refractivity contribution is 4.69. The van der Waals surface area contributed by atoms with Crippen molar-refractivity contribution in [2.24, 2.45) is 5.73 Å². The van der Waals surface area contributed by atoms with Crippen LogP contribution in [0.3, 0.4) is 0 Å². The Morgan fingerprint density at radius 3 is 2.05 bits per heavy atom. The zero-order valence-electron chi connectivity index (χ0n) is 14.8. The summed E-state index contributed by atoms with van der Waals surface area (Å²) in [6.07, 6.45) is 2.40. The fourth-order valence-electron chi connectivity index (χ4n) is 2.16. The van der Waals surface area contributed by atoms with E-state index in [-0.39, 0.29) is 0 Å². The minimum atomic E-state index is 0.621. The molecule has 0 aromatic rings. The molecule has 2 atom stereocenters. The molecule has 0 fully saturated rings. The molecule has 0 aliphatic heterocycles. The molecule has 128 valence electrons. The molecule has 0 saturated heterocycles. The van der Waals surface area contributed by atoms with Gasteiger partial charge in [-0.2, -0.15) is 0 Å². The number of nitrogens with two attached hydrogens (primary N) is 1. The smallest absolute Gasteiger partial charge is 0.0110 e. The first-order valence-electron chi connectivity index (χ1n) is 8.74. The summed E-state index contributed by atoms with van der Waals surface area (Å²) in [5.41, 5.74) is 5.44. The Bertz CT molecular complexity index is 213. The molecule has 2 unspecified atom stereocenters. The summed E-state index contributed by atoms with van der Waals surface area (Å²) in [6, 6.07) is 1.27. The van der Waals surface area contributed by atoms with Crippen molar-refractivity contribution < 1.29 is 0 Å². The first-order chi connectivity index (χ1) is 10.2. The molecule has 21 heavy (non-hydrogen) atoms. The zero-order chi connectivity index (χ0) is 15.9. The molecule has 0 rings (SSSR count).